The Morgan fingerprint density at radius 2 is 1.91 bits per heavy atom. The molecule has 5 fully saturated rings. The number of hydrogen-bond acceptors (Lipinski definition) is 2. The fourth-order valence-electron chi connectivity index (χ4n) is 8.29. The van der Waals surface area contributed by atoms with E-state index in [1.807, 2.05) is 0 Å². The first kappa shape index (κ1) is 13.3. The van der Waals surface area contributed by atoms with Gasteiger partial charge in [-0.3, -0.25) is 0 Å². The van der Waals surface area contributed by atoms with Crippen molar-refractivity contribution in [2.45, 2.75) is 57.0 Å². The van der Waals surface area contributed by atoms with Gasteiger partial charge in [-0.25, -0.2) is 0 Å². The van der Waals surface area contributed by atoms with Gasteiger partial charge in [0, 0.05) is 5.41 Å². The van der Waals surface area contributed by atoms with Crippen molar-refractivity contribution < 1.29 is 9.84 Å². The maximum Gasteiger partial charge on any atom is 0.119 e. The second-order valence-corrected chi connectivity index (χ2v) is 9.29. The SMILES string of the molecule is COc1ccc2c(c1)CC[C@H]1[C@@H]2CC[C@@]2(C)C13C[C@H]1[C@H](C3)C12O. The summed E-state index contributed by atoms with van der Waals surface area (Å²) in [5, 5.41) is 11.3. The minimum absolute atomic E-state index is 0.209. The number of ether oxygens (including phenoxy) is 1. The summed E-state index contributed by atoms with van der Waals surface area (Å²) in [4.78, 5) is 0. The van der Waals surface area contributed by atoms with Crippen LogP contribution in [0.5, 0.6) is 5.75 Å². The molecule has 23 heavy (non-hydrogen) atoms. The van der Waals surface area contributed by atoms with Crippen molar-refractivity contribution in [3.63, 3.8) is 0 Å². The number of methoxy groups -OCH3 is 1. The first-order chi connectivity index (χ1) is 11.0. The Hall–Kier alpha value is -1.02. The molecule has 4 bridgehead atoms. The van der Waals surface area contributed by atoms with Crippen LogP contribution in [0.15, 0.2) is 18.2 Å². The molecule has 1 aromatic rings. The van der Waals surface area contributed by atoms with Gasteiger partial charge in [0.1, 0.15) is 5.75 Å². The van der Waals surface area contributed by atoms with Gasteiger partial charge in [-0.15, -0.1) is 0 Å². The summed E-state index contributed by atoms with van der Waals surface area (Å²) in [7, 11) is 1.76. The van der Waals surface area contributed by atoms with Crippen molar-refractivity contribution in [2.24, 2.45) is 28.6 Å². The number of rotatable bonds is 1. The van der Waals surface area contributed by atoms with Crippen LogP contribution in [0.3, 0.4) is 0 Å². The van der Waals surface area contributed by atoms with Crippen molar-refractivity contribution in [3.05, 3.63) is 29.3 Å². The van der Waals surface area contributed by atoms with Crippen LogP contribution >= 0.6 is 0 Å². The fourth-order valence-corrected chi connectivity index (χ4v) is 8.29. The van der Waals surface area contributed by atoms with Gasteiger partial charge in [-0.05, 0) is 90.9 Å². The van der Waals surface area contributed by atoms with Gasteiger partial charge in [-0.1, -0.05) is 13.0 Å². The van der Waals surface area contributed by atoms with Gasteiger partial charge in [0.15, 0.2) is 0 Å². The van der Waals surface area contributed by atoms with E-state index in [-0.39, 0.29) is 11.0 Å². The molecule has 5 saturated carbocycles. The normalized spacial score (nSPS) is 54.2. The maximum absolute atomic E-state index is 11.3. The molecule has 0 heterocycles. The van der Waals surface area contributed by atoms with Gasteiger partial charge in [0.25, 0.3) is 0 Å². The highest BCUT2D eigenvalue weighted by atomic mass is 16.5. The molecule has 0 aromatic heterocycles. The molecular formula is C21H26O2. The van der Waals surface area contributed by atoms with Crippen molar-refractivity contribution in [2.75, 3.05) is 7.11 Å². The molecule has 7 rings (SSSR count). The van der Waals surface area contributed by atoms with Gasteiger partial charge >= 0.3 is 0 Å². The third-order valence-corrected chi connectivity index (χ3v) is 9.28. The van der Waals surface area contributed by atoms with Gasteiger partial charge in [-0.2, -0.15) is 0 Å². The third kappa shape index (κ3) is 1.15. The Balaban J connectivity index is 1.46. The van der Waals surface area contributed by atoms with Crippen LogP contribution in [-0.4, -0.2) is 17.8 Å². The van der Waals surface area contributed by atoms with Crippen LogP contribution in [-0.2, 0) is 6.42 Å². The van der Waals surface area contributed by atoms with Crippen molar-refractivity contribution in [3.8, 4) is 5.75 Å². The fraction of sp³-hybridized carbons (Fsp3) is 0.714. The predicted octanol–water partition coefficient (Wildman–Crippen LogP) is 3.91. The van der Waals surface area contributed by atoms with Crippen LogP contribution < -0.4 is 4.74 Å². The zero-order valence-corrected chi connectivity index (χ0v) is 14.1. The summed E-state index contributed by atoms with van der Waals surface area (Å²) < 4.78 is 5.43. The van der Waals surface area contributed by atoms with E-state index in [1.54, 1.807) is 12.7 Å². The molecule has 0 saturated heterocycles. The Labute approximate surface area is 138 Å². The molecule has 1 spiro atoms. The first-order valence-corrected chi connectivity index (χ1v) is 9.44. The molecule has 1 N–H and O–H groups in total. The largest absolute Gasteiger partial charge is 0.497 e. The molecule has 5 atom stereocenters. The average molecular weight is 310 g/mol. The molecule has 0 radical (unpaired) electrons. The summed E-state index contributed by atoms with van der Waals surface area (Å²) in [5.41, 5.74) is 3.48. The molecule has 0 unspecified atom stereocenters. The molecular weight excluding hydrogens is 284 g/mol. The van der Waals surface area contributed by atoms with E-state index in [4.69, 9.17) is 4.74 Å². The van der Waals surface area contributed by atoms with Crippen molar-refractivity contribution >= 4 is 0 Å². The quantitative estimate of drug-likeness (QED) is 0.852. The molecule has 6 aliphatic carbocycles. The molecule has 2 nitrogen and oxygen atoms in total. The second kappa shape index (κ2) is 3.64. The minimum atomic E-state index is -0.280. The molecule has 6 aliphatic rings. The van der Waals surface area contributed by atoms with Gasteiger partial charge in [0.2, 0.25) is 0 Å². The topological polar surface area (TPSA) is 29.5 Å². The Morgan fingerprint density at radius 3 is 2.65 bits per heavy atom. The second-order valence-electron chi connectivity index (χ2n) is 9.29. The number of aryl methyl sites for hydroxylation is 1. The standard InChI is InChI=1S/C21H26O2/c1-19-8-7-15-14-5-4-13(23-2)9-12(14)3-6-16(15)20(19)10-17-18(11-20)21(17,19)22/h4-5,9,15-18,22H,3,6-8,10-11H2,1-2H3/t15-,16+,17+,18+,19+,20?,21?/m1/s1. The van der Waals surface area contributed by atoms with E-state index in [0.717, 1.165) is 17.6 Å². The molecule has 122 valence electrons. The van der Waals surface area contributed by atoms with Crippen LogP contribution in [0.25, 0.3) is 0 Å². The van der Waals surface area contributed by atoms with Crippen LogP contribution in [0, 0.1) is 28.6 Å². The van der Waals surface area contributed by atoms with Gasteiger partial charge < -0.3 is 9.84 Å². The Morgan fingerprint density at radius 1 is 1.13 bits per heavy atom. The van der Waals surface area contributed by atoms with E-state index in [1.165, 1.54) is 44.1 Å². The minimum Gasteiger partial charge on any atom is -0.497 e. The monoisotopic (exact) mass is 310 g/mol. The molecule has 2 heteroatoms. The summed E-state index contributed by atoms with van der Waals surface area (Å²) in [6.45, 7) is 2.44. The van der Waals surface area contributed by atoms with E-state index in [0.29, 0.717) is 17.3 Å². The lowest BCUT2D eigenvalue weighted by Crippen LogP contribution is -2.51. The zero-order chi connectivity index (χ0) is 15.6. The lowest BCUT2D eigenvalue weighted by molar-refractivity contribution is -0.0879. The smallest absolute Gasteiger partial charge is 0.119 e. The average Bonchev–Trinajstić information content (AvgIpc) is 2.89. The first-order valence-electron chi connectivity index (χ1n) is 9.44. The van der Waals surface area contributed by atoms with E-state index < -0.39 is 0 Å². The predicted molar refractivity (Wildman–Crippen MR) is 88.5 cm³/mol. The van der Waals surface area contributed by atoms with Crippen molar-refractivity contribution in [1.82, 2.24) is 0 Å². The summed E-state index contributed by atoms with van der Waals surface area (Å²) >= 11 is 0. The summed E-state index contributed by atoms with van der Waals surface area (Å²) in [6, 6.07) is 6.76. The third-order valence-electron chi connectivity index (χ3n) is 9.28. The summed E-state index contributed by atoms with van der Waals surface area (Å²) in [5.74, 6) is 3.80. The van der Waals surface area contributed by atoms with Crippen LogP contribution in [0.1, 0.15) is 56.1 Å². The highest BCUT2D eigenvalue weighted by Crippen LogP contribution is 2.90. The maximum atomic E-state index is 11.3. The highest BCUT2D eigenvalue weighted by molar-refractivity contribution is 5.45. The summed E-state index contributed by atoms with van der Waals surface area (Å²) in [6.07, 6.45) is 7.64. The molecule has 0 aliphatic heterocycles. The number of benzene rings is 1. The van der Waals surface area contributed by atoms with E-state index in [2.05, 4.69) is 25.1 Å². The molecule has 1 aromatic carbocycles. The highest BCUT2D eigenvalue weighted by Gasteiger charge is 2.90. The van der Waals surface area contributed by atoms with Crippen LogP contribution in [0.2, 0.25) is 0 Å². The van der Waals surface area contributed by atoms with Crippen molar-refractivity contribution in [1.29, 1.82) is 0 Å². The zero-order valence-electron chi connectivity index (χ0n) is 14.1. The number of fused-ring (bicyclic) bond motifs is 3. The Bertz CT molecular complexity index is 711. The lowest BCUT2D eigenvalue weighted by atomic mass is 9.48. The van der Waals surface area contributed by atoms with E-state index in [9.17, 15) is 5.11 Å². The molecule has 0 amide bonds. The number of aliphatic hydroxyl groups is 1. The van der Waals surface area contributed by atoms with Crippen LogP contribution in [0.4, 0.5) is 0 Å². The Kier molecular flexibility index (Phi) is 2.10. The van der Waals surface area contributed by atoms with E-state index >= 15 is 0 Å². The number of hydrogen-bond donors (Lipinski definition) is 1. The lowest BCUT2D eigenvalue weighted by Gasteiger charge is -2.56. The van der Waals surface area contributed by atoms with Gasteiger partial charge in [0.05, 0.1) is 12.7 Å².